The van der Waals surface area contributed by atoms with E-state index < -0.39 is 44.7 Å². The van der Waals surface area contributed by atoms with Gasteiger partial charge in [-0.1, -0.05) is 303 Å². The zero-order chi connectivity index (χ0) is 47.3. The van der Waals surface area contributed by atoms with Gasteiger partial charge in [0.2, 0.25) is 0 Å². The molecule has 342 valence electrons. The maximum atomic E-state index is 8.72. The van der Waals surface area contributed by atoms with Crippen molar-refractivity contribution in [2.24, 2.45) is 0 Å². The lowest BCUT2D eigenvalue weighted by atomic mass is 10.2. The van der Waals surface area contributed by atoms with Crippen LogP contribution < -0.4 is 52.3 Å². The Balaban J connectivity index is 1.29. The van der Waals surface area contributed by atoms with Crippen LogP contribution in [0.5, 0.6) is 0 Å². The maximum absolute atomic E-state index is 8.72. The molecule has 0 aliphatic carbocycles. The number of hydrogen-bond acceptors (Lipinski definition) is 2. The second-order valence-corrected chi connectivity index (χ2v) is 28.6. The molecule has 2 atom stereocenters. The molecule has 0 amide bonds. The first-order valence-corrected chi connectivity index (χ1v) is 31.0. The zero-order valence-electron chi connectivity index (χ0n) is 39.1. The van der Waals surface area contributed by atoms with Crippen LogP contribution in [0, 0.1) is 0 Å². The quantitative estimate of drug-likeness (QED) is 0.0458. The SMILES string of the molecule is c1ccc(P(CC(O[Si](c2ccccc2)(c2ccccc2)c2ccccc2)C(CP(c2ccccc2)c2ccccc2)O[Si](c2ccccc2)(c2ccccc2)c2ccccc2)c2ccccc2)cc1. The standard InChI is InChI=1S/C64H56O2P2Si2/c1-11-31-53(32-12-1)67(54-33-13-2-14-34-54)51-63(65-69(57-39-19-5-20-40-57,58-41-21-6-22-42-58)59-43-23-7-24-44-59)64(52-68(55-35-15-3-16-36-55)56-37-17-4-18-38-56)66-70(60-45-25-8-26-46-60,61-47-27-9-28-48-61)62-49-29-10-30-50-62/h1-50,63-64H,51-52H2. The summed E-state index contributed by atoms with van der Waals surface area (Å²) in [4.78, 5) is 0. The Morgan fingerprint density at radius 1 is 0.229 bits per heavy atom. The van der Waals surface area contributed by atoms with Crippen molar-refractivity contribution >= 4 is 84.8 Å². The van der Waals surface area contributed by atoms with Crippen molar-refractivity contribution in [3.8, 4) is 0 Å². The van der Waals surface area contributed by atoms with Gasteiger partial charge in [0.15, 0.2) is 0 Å². The lowest BCUT2D eigenvalue weighted by Gasteiger charge is -2.45. The molecular formula is C64H56O2P2Si2. The van der Waals surface area contributed by atoms with Crippen LogP contribution in [-0.2, 0) is 8.85 Å². The molecule has 2 unspecified atom stereocenters. The molecule has 0 heterocycles. The molecule has 0 saturated heterocycles. The van der Waals surface area contributed by atoms with Gasteiger partial charge in [0.05, 0.1) is 12.2 Å². The minimum Gasteiger partial charge on any atom is -0.398 e. The summed E-state index contributed by atoms with van der Waals surface area (Å²) in [5.74, 6) is 0. The fourth-order valence-electron chi connectivity index (χ4n) is 9.87. The number of hydrogen-bond donors (Lipinski definition) is 0. The zero-order valence-corrected chi connectivity index (χ0v) is 42.9. The van der Waals surface area contributed by atoms with Crippen LogP contribution in [-0.4, -0.2) is 41.2 Å². The van der Waals surface area contributed by atoms with Crippen molar-refractivity contribution in [2.75, 3.05) is 12.3 Å². The molecule has 10 aromatic carbocycles. The Labute approximate surface area is 419 Å². The van der Waals surface area contributed by atoms with Gasteiger partial charge in [-0.25, -0.2) is 0 Å². The molecule has 2 nitrogen and oxygen atoms in total. The van der Waals surface area contributed by atoms with Crippen LogP contribution in [0.3, 0.4) is 0 Å². The second kappa shape index (κ2) is 22.9. The van der Waals surface area contributed by atoms with E-state index in [-0.39, 0.29) is 0 Å². The topological polar surface area (TPSA) is 18.5 Å². The highest BCUT2D eigenvalue weighted by molar-refractivity contribution is 7.73. The summed E-state index contributed by atoms with van der Waals surface area (Å²) in [5, 5.41) is 12.5. The first-order valence-electron chi connectivity index (χ1n) is 24.2. The Morgan fingerprint density at radius 3 is 0.557 bits per heavy atom. The van der Waals surface area contributed by atoms with Crippen LogP contribution in [0.2, 0.25) is 0 Å². The predicted octanol–water partition coefficient (Wildman–Crippen LogP) is 9.36. The molecular weight excluding hydrogens is 919 g/mol. The first-order chi connectivity index (χ1) is 34.7. The molecule has 0 N–H and O–H groups in total. The fourth-order valence-corrected chi connectivity index (χ4v) is 23.2. The molecule has 0 fully saturated rings. The second-order valence-electron chi connectivity index (χ2n) is 17.4. The van der Waals surface area contributed by atoms with Gasteiger partial charge in [0, 0.05) is 12.3 Å². The average molecular weight is 975 g/mol. The molecule has 6 heteroatoms. The number of rotatable bonds is 19. The van der Waals surface area contributed by atoms with Crippen LogP contribution in [0.1, 0.15) is 0 Å². The van der Waals surface area contributed by atoms with Gasteiger partial charge in [-0.15, -0.1) is 0 Å². The molecule has 0 aliphatic rings. The molecule has 0 saturated carbocycles. The molecule has 10 aromatic rings. The van der Waals surface area contributed by atoms with E-state index in [1.165, 1.54) is 52.3 Å². The minimum atomic E-state index is -3.39. The third-order valence-corrected chi connectivity index (χ3v) is 26.5. The normalized spacial score (nSPS) is 12.7. The summed E-state index contributed by atoms with van der Waals surface area (Å²) in [6.45, 7) is 0. The molecule has 0 spiro atoms. The van der Waals surface area contributed by atoms with E-state index in [0.29, 0.717) is 0 Å². The van der Waals surface area contributed by atoms with Crippen LogP contribution >= 0.6 is 15.8 Å². The monoisotopic (exact) mass is 974 g/mol. The smallest absolute Gasteiger partial charge is 0.288 e. The molecule has 0 aromatic heterocycles. The van der Waals surface area contributed by atoms with E-state index in [0.717, 1.165) is 12.3 Å². The van der Waals surface area contributed by atoms with Crippen molar-refractivity contribution in [1.82, 2.24) is 0 Å². The Kier molecular flexibility index (Phi) is 15.4. The summed E-state index contributed by atoms with van der Waals surface area (Å²) < 4.78 is 17.4. The lowest BCUT2D eigenvalue weighted by molar-refractivity contribution is 0.0806. The van der Waals surface area contributed by atoms with E-state index in [1.807, 2.05) is 0 Å². The summed E-state index contributed by atoms with van der Waals surface area (Å²) in [6, 6.07) is 111. The summed E-state index contributed by atoms with van der Waals surface area (Å²) in [5.41, 5.74) is 0. The van der Waals surface area contributed by atoms with E-state index in [1.54, 1.807) is 0 Å². The molecule has 0 bridgehead atoms. The van der Waals surface area contributed by atoms with Gasteiger partial charge in [0.1, 0.15) is 0 Å². The van der Waals surface area contributed by atoms with E-state index in [4.69, 9.17) is 8.85 Å². The average Bonchev–Trinajstić information content (AvgIpc) is 3.46. The van der Waals surface area contributed by atoms with Gasteiger partial charge in [-0.3, -0.25) is 0 Å². The minimum absolute atomic E-state index is 0.417. The lowest BCUT2D eigenvalue weighted by Crippen LogP contribution is -2.74. The van der Waals surface area contributed by atoms with E-state index in [2.05, 4.69) is 303 Å². The summed E-state index contributed by atoms with van der Waals surface area (Å²) in [6.07, 6.45) is 0.619. The van der Waals surface area contributed by atoms with Gasteiger partial charge in [-0.2, -0.15) is 0 Å². The van der Waals surface area contributed by atoms with Crippen molar-refractivity contribution in [1.29, 1.82) is 0 Å². The fraction of sp³-hybridized carbons (Fsp3) is 0.0625. The highest BCUT2D eigenvalue weighted by atomic mass is 31.1. The van der Waals surface area contributed by atoms with Crippen molar-refractivity contribution in [2.45, 2.75) is 12.2 Å². The van der Waals surface area contributed by atoms with Gasteiger partial charge in [0.25, 0.3) is 16.6 Å². The van der Waals surface area contributed by atoms with Crippen molar-refractivity contribution in [3.05, 3.63) is 303 Å². The molecule has 0 radical (unpaired) electrons. The van der Waals surface area contributed by atoms with E-state index >= 15 is 0 Å². The third-order valence-electron chi connectivity index (χ3n) is 13.1. The summed E-state index contributed by atoms with van der Waals surface area (Å²) >= 11 is 0. The largest absolute Gasteiger partial charge is 0.398 e. The van der Waals surface area contributed by atoms with Crippen molar-refractivity contribution < 1.29 is 8.85 Å². The molecule has 10 rings (SSSR count). The Bertz CT molecular complexity index is 2600. The van der Waals surface area contributed by atoms with Crippen molar-refractivity contribution in [3.63, 3.8) is 0 Å². The molecule has 0 aliphatic heterocycles. The third kappa shape index (κ3) is 10.3. The van der Waals surface area contributed by atoms with E-state index in [9.17, 15) is 0 Å². The molecule has 70 heavy (non-hydrogen) atoms. The highest BCUT2D eigenvalue weighted by Gasteiger charge is 2.50. The van der Waals surface area contributed by atoms with Crippen LogP contribution in [0.15, 0.2) is 303 Å². The van der Waals surface area contributed by atoms with Gasteiger partial charge in [-0.05, 0) is 68.2 Å². The maximum Gasteiger partial charge on any atom is 0.288 e. The van der Waals surface area contributed by atoms with Crippen LogP contribution in [0.4, 0.5) is 0 Å². The highest BCUT2D eigenvalue weighted by Crippen LogP contribution is 2.41. The predicted molar refractivity (Wildman–Crippen MR) is 306 cm³/mol. The van der Waals surface area contributed by atoms with Gasteiger partial charge < -0.3 is 8.85 Å². The number of benzene rings is 10. The van der Waals surface area contributed by atoms with Gasteiger partial charge >= 0.3 is 0 Å². The van der Waals surface area contributed by atoms with Crippen LogP contribution in [0.25, 0.3) is 0 Å². The first kappa shape index (κ1) is 47.1. The Hall–Kier alpha value is -6.59. The summed E-state index contributed by atoms with van der Waals surface area (Å²) in [7, 11) is -8.74. The Morgan fingerprint density at radius 2 is 0.386 bits per heavy atom.